The van der Waals surface area contributed by atoms with Crippen LogP contribution in [0.3, 0.4) is 0 Å². The average Bonchev–Trinajstić information content (AvgIpc) is 3.51. The lowest BCUT2D eigenvalue weighted by Gasteiger charge is -2.11. The molecule has 3 nitrogen and oxygen atoms in total. The second kappa shape index (κ2) is 7.30. The first-order valence-corrected chi connectivity index (χ1v) is 12.2. The Morgan fingerprint density at radius 2 is 1.25 bits per heavy atom. The Balaban J connectivity index is 1.48. The van der Waals surface area contributed by atoms with Crippen LogP contribution in [-0.4, -0.2) is 14.1 Å². The van der Waals surface area contributed by atoms with Gasteiger partial charge in [-0.1, -0.05) is 66.7 Å². The molecule has 0 fully saturated rings. The predicted octanol–water partition coefficient (Wildman–Crippen LogP) is 8.43. The molecule has 0 saturated carbocycles. The largest absolute Gasteiger partial charge is 0.317 e. The third kappa shape index (κ3) is 2.65. The van der Waals surface area contributed by atoms with Gasteiger partial charge in [0.2, 0.25) is 0 Å². The highest BCUT2D eigenvalue weighted by Crippen LogP contribution is 2.38. The van der Waals surface area contributed by atoms with E-state index in [0.717, 1.165) is 11.1 Å². The highest BCUT2D eigenvalue weighted by molar-refractivity contribution is 6.18. The molecular weight excluding hydrogens is 438 g/mol. The van der Waals surface area contributed by atoms with Crippen LogP contribution in [-0.2, 0) is 0 Å². The van der Waals surface area contributed by atoms with Gasteiger partial charge in [0.05, 0.1) is 28.4 Å². The maximum Gasteiger partial charge on any atom is 0.0723 e. The number of rotatable bonds is 2. The van der Waals surface area contributed by atoms with E-state index in [4.69, 9.17) is 0 Å². The fourth-order valence-corrected chi connectivity index (χ4v) is 5.77. The summed E-state index contributed by atoms with van der Waals surface area (Å²) in [5, 5.41) is 8.62. The van der Waals surface area contributed by atoms with Crippen LogP contribution in [0.4, 0.5) is 0 Å². The van der Waals surface area contributed by atoms with E-state index in [2.05, 4.69) is 130 Å². The van der Waals surface area contributed by atoms with Gasteiger partial charge in [0.15, 0.2) is 0 Å². The zero-order chi connectivity index (χ0) is 23.6. The molecule has 3 aromatic heterocycles. The van der Waals surface area contributed by atoms with Crippen LogP contribution in [0.15, 0.2) is 128 Å². The van der Waals surface area contributed by atoms with E-state index in [1.165, 1.54) is 54.6 Å². The first kappa shape index (κ1) is 19.4. The van der Waals surface area contributed by atoms with E-state index in [1.807, 2.05) is 12.4 Å². The van der Waals surface area contributed by atoms with Gasteiger partial charge in [-0.25, -0.2) is 0 Å². The summed E-state index contributed by atoms with van der Waals surface area (Å²) >= 11 is 0. The Labute approximate surface area is 207 Å². The van der Waals surface area contributed by atoms with E-state index in [0.29, 0.717) is 0 Å². The second-order valence-corrected chi connectivity index (χ2v) is 9.34. The van der Waals surface area contributed by atoms with E-state index >= 15 is 0 Å². The first-order valence-electron chi connectivity index (χ1n) is 12.2. The van der Waals surface area contributed by atoms with Crippen molar-refractivity contribution in [3.63, 3.8) is 0 Å². The van der Waals surface area contributed by atoms with Gasteiger partial charge in [-0.3, -0.25) is 4.98 Å². The summed E-state index contributed by atoms with van der Waals surface area (Å²) in [6.45, 7) is 0. The van der Waals surface area contributed by atoms with Crippen LogP contribution in [0, 0.1) is 0 Å². The zero-order valence-electron chi connectivity index (χ0n) is 19.5. The van der Waals surface area contributed by atoms with Crippen molar-refractivity contribution in [2.75, 3.05) is 0 Å². The zero-order valence-corrected chi connectivity index (χ0v) is 19.5. The Morgan fingerprint density at radius 1 is 0.472 bits per heavy atom. The van der Waals surface area contributed by atoms with E-state index in [9.17, 15) is 0 Å². The quantitative estimate of drug-likeness (QED) is 0.254. The smallest absolute Gasteiger partial charge is 0.0723 e. The molecule has 0 amide bonds. The molecule has 0 unspecified atom stereocenters. The minimum Gasteiger partial charge on any atom is -0.317 e. The lowest BCUT2D eigenvalue weighted by molar-refractivity contribution is 1.13. The molecule has 36 heavy (non-hydrogen) atoms. The SMILES string of the molecule is c1ccc(-n2ccc3c4cc5c6ccccc6n(-c6cncc7ccccc67)c5cc4ccc32)cc1. The van der Waals surface area contributed by atoms with Crippen LogP contribution in [0.2, 0.25) is 0 Å². The molecule has 0 aliphatic carbocycles. The molecule has 168 valence electrons. The molecular formula is C33H21N3. The molecule has 0 bridgehead atoms. The summed E-state index contributed by atoms with van der Waals surface area (Å²) in [7, 11) is 0. The molecule has 0 saturated heterocycles. The fourth-order valence-electron chi connectivity index (χ4n) is 5.77. The second-order valence-electron chi connectivity index (χ2n) is 9.34. The summed E-state index contributed by atoms with van der Waals surface area (Å²) in [6, 6.07) is 39.1. The van der Waals surface area contributed by atoms with E-state index < -0.39 is 0 Å². The Kier molecular flexibility index (Phi) is 3.94. The van der Waals surface area contributed by atoms with Crippen LogP contribution in [0.5, 0.6) is 0 Å². The Hall–Kier alpha value is -4.89. The van der Waals surface area contributed by atoms with Crippen LogP contribution in [0.1, 0.15) is 0 Å². The van der Waals surface area contributed by atoms with Gasteiger partial charge in [-0.2, -0.15) is 0 Å². The standard InChI is InChI=1S/C33H21N3/c1-2-9-24(10-3-1)35-17-16-27-28-19-29-26-12-6-7-13-31(26)36(32(29)18-22(28)14-15-30(27)35)33-21-34-20-23-8-4-5-11-25(23)33/h1-21H. The molecule has 0 spiro atoms. The van der Waals surface area contributed by atoms with Crippen molar-refractivity contribution in [3.8, 4) is 11.4 Å². The van der Waals surface area contributed by atoms with Crippen molar-refractivity contribution in [2.24, 2.45) is 0 Å². The minimum atomic E-state index is 1.11. The number of pyridine rings is 1. The lowest BCUT2D eigenvalue weighted by atomic mass is 10.0. The van der Waals surface area contributed by atoms with E-state index in [-0.39, 0.29) is 0 Å². The molecule has 0 N–H and O–H groups in total. The van der Waals surface area contributed by atoms with Gasteiger partial charge in [-0.15, -0.1) is 0 Å². The molecule has 3 heterocycles. The molecule has 0 radical (unpaired) electrons. The number of para-hydroxylation sites is 2. The van der Waals surface area contributed by atoms with Crippen molar-refractivity contribution in [1.82, 2.24) is 14.1 Å². The van der Waals surface area contributed by atoms with Gasteiger partial charge in [0.1, 0.15) is 0 Å². The summed E-state index contributed by atoms with van der Waals surface area (Å²) in [5.41, 5.74) is 5.89. The van der Waals surface area contributed by atoms with Gasteiger partial charge in [0.25, 0.3) is 0 Å². The van der Waals surface area contributed by atoms with Crippen molar-refractivity contribution in [1.29, 1.82) is 0 Å². The topological polar surface area (TPSA) is 22.8 Å². The van der Waals surface area contributed by atoms with Crippen molar-refractivity contribution in [2.45, 2.75) is 0 Å². The Morgan fingerprint density at radius 3 is 2.17 bits per heavy atom. The van der Waals surface area contributed by atoms with Crippen molar-refractivity contribution < 1.29 is 0 Å². The third-order valence-electron chi connectivity index (χ3n) is 7.40. The number of nitrogens with zero attached hydrogens (tertiary/aromatic N) is 3. The number of benzene rings is 5. The highest BCUT2D eigenvalue weighted by atomic mass is 15.0. The van der Waals surface area contributed by atoms with Crippen LogP contribution >= 0.6 is 0 Å². The van der Waals surface area contributed by atoms with Crippen LogP contribution in [0.25, 0.3) is 65.6 Å². The summed E-state index contributed by atoms with van der Waals surface area (Å²) in [5.74, 6) is 0. The van der Waals surface area contributed by atoms with Crippen LogP contribution < -0.4 is 0 Å². The van der Waals surface area contributed by atoms with Gasteiger partial charge >= 0.3 is 0 Å². The molecule has 8 aromatic rings. The number of hydrogen-bond acceptors (Lipinski definition) is 1. The lowest BCUT2D eigenvalue weighted by Crippen LogP contribution is -1.96. The fraction of sp³-hybridized carbons (Fsp3) is 0. The number of fused-ring (bicyclic) bond motifs is 7. The van der Waals surface area contributed by atoms with Gasteiger partial charge < -0.3 is 9.13 Å². The molecule has 5 aromatic carbocycles. The molecule has 8 rings (SSSR count). The number of hydrogen-bond donors (Lipinski definition) is 0. The normalized spacial score (nSPS) is 11.9. The maximum absolute atomic E-state index is 4.59. The molecule has 0 aliphatic heterocycles. The van der Waals surface area contributed by atoms with Gasteiger partial charge in [-0.05, 0) is 53.2 Å². The maximum atomic E-state index is 4.59. The first-order chi connectivity index (χ1) is 17.9. The molecule has 0 atom stereocenters. The highest BCUT2D eigenvalue weighted by Gasteiger charge is 2.16. The summed E-state index contributed by atoms with van der Waals surface area (Å²) in [6.07, 6.45) is 6.10. The average molecular weight is 460 g/mol. The Bertz CT molecular complexity index is 2090. The molecule has 3 heteroatoms. The predicted molar refractivity (Wildman–Crippen MR) is 150 cm³/mol. The summed E-state index contributed by atoms with van der Waals surface area (Å²) in [4.78, 5) is 4.59. The van der Waals surface area contributed by atoms with Gasteiger partial charge in [0, 0.05) is 45.0 Å². The van der Waals surface area contributed by atoms with Crippen molar-refractivity contribution >= 4 is 54.3 Å². The minimum absolute atomic E-state index is 1.11. The molecule has 0 aliphatic rings. The summed E-state index contributed by atoms with van der Waals surface area (Å²) < 4.78 is 4.64. The van der Waals surface area contributed by atoms with E-state index in [1.54, 1.807) is 0 Å². The third-order valence-corrected chi connectivity index (χ3v) is 7.40. The number of aromatic nitrogens is 3. The monoisotopic (exact) mass is 459 g/mol. The van der Waals surface area contributed by atoms with Crippen molar-refractivity contribution in [3.05, 3.63) is 128 Å².